The highest BCUT2D eigenvalue weighted by atomic mass is 16.7. The predicted molar refractivity (Wildman–Crippen MR) is 104 cm³/mol. The Hall–Kier alpha value is -1.98. The molecular weight excluding hydrogens is 337 g/mol. The number of fused-ring (bicyclic) bond motifs is 3. The van der Waals surface area contributed by atoms with Gasteiger partial charge in [0.25, 0.3) is 0 Å². The number of rotatable bonds is 1. The van der Waals surface area contributed by atoms with Gasteiger partial charge in [-0.1, -0.05) is 12.1 Å². The summed E-state index contributed by atoms with van der Waals surface area (Å²) in [6.45, 7) is 8.29. The molecule has 3 aliphatic rings. The predicted octanol–water partition coefficient (Wildman–Crippen LogP) is 3.74. The van der Waals surface area contributed by atoms with Crippen LogP contribution in [0.3, 0.4) is 0 Å². The molecule has 0 bridgehead atoms. The summed E-state index contributed by atoms with van der Waals surface area (Å²) in [5.74, 6) is 1.72. The zero-order chi connectivity index (χ0) is 18.9. The number of nitrogens with zero attached hydrogens (tertiary/aromatic N) is 1. The van der Waals surface area contributed by atoms with Gasteiger partial charge in [-0.2, -0.15) is 0 Å². The van der Waals surface area contributed by atoms with E-state index in [2.05, 4.69) is 46.0 Å². The molecule has 0 saturated carbocycles. The highest BCUT2D eigenvalue weighted by molar-refractivity contribution is 5.97. The van der Waals surface area contributed by atoms with E-state index in [-0.39, 0.29) is 12.1 Å². The Morgan fingerprint density at radius 3 is 2.74 bits per heavy atom. The van der Waals surface area contributed by atoms with Crippen LogP contribution in [0, 0.1) is 20.8 Å². The van der Waals surface area contributed by atoms with Crippen LogP contribution in [0.5, 0.6) is 11.5 Å². The van der Waals surface area contributed by atoms with E-state index in [4.69, 9.17) is 22.2 Å². The average Bonchev–Trinajstić information content (AvgIpc) is 3.26. The Morgan fingerprint density at radius 2 is 1.93 bits per heavy atom. The molecule has 3 heterocycles. The molecule has 3 aliphatic heterocycles. The minimum absolute atomic E-state index is 0.0339. The normalized spacial score (nSPS) is 28.1. The van der Waals surface area contributed by atoms with Crippen LogP contribution in [0.25, 0.3) is 0 Å². The van der Waals surface area contributed by atoms with Gasteiger partial charge in [-0.25, -0.2) is 0 Å². The monoisotopic (exact) mass is 362 g/mol. The summed E-state index contributed by atoms with van der Waals surface area (Å²) in [4.78, 5) is 0. The van der Waals surface area contributed by atoms with Gasteiger partial charge in [-0.15, -0.1) is 0 Å². The van der Waals surface area contributed by atoms with Crippen LogP contribution in [0.1, 0.15) is 51.1 Å². The second-order valence-electron chi connectivity index (χ2n) is 8.38. The quantitative estimate of drug-likeness (QED) is 0.724. The maximum atomic E-state index is 6.84. The van der Waals surface area contributed by atoms with E-state index in [0.717, 1.165) is 30.0 Å². The SMILES string of the molecule is [B][N+]1(C)CCc2cc3c(c(C)c2C1[C@H]1OCc2c1ccc(C)c2C)OCO3. The Balaban J connectivity index is 1.69. The van der Waals surface area contributed by atoms with E-state index in [9.17, 15) is 0 Å². The summed E-state index contributed by atoms with van der Waals surface area (Å²) in [6, 6.07) is 6.61. The number of likely N-dealkylation sites (N-methyl/N-ethyl adjacent to an activating group) is 1. The fourth-order valence-corrected chi connectivity index (χ4v) is 5.04. The minimum atomic E-state index is -0.0487. The van der Waals surface area contributed by atoms with E-state index >= 15 is 0 Å². The summed E-state index contributed by atoms with van der Waals surface area (Å²) in [5.41, 5.74) is 8.97. The average molecular weight is 362 g/mol. The molecule has 4 nitrogen and oxygen atoms in total. The van der Waals surface area contributed by atoms with Crippen molar-refractivity contribution >= 4 is 7.98 Å². The third-order valence-corrected chi connectivity index (χ3v) is 6.74. The Bertz CT molecular complexity index is 953. The molecule has 2 aromatic carbocycles. The van der Waals surface area contributed by atoms with E-state index in [1.165, 1.54) is 33.4 Å². The van der Waals surface area contributed by atoms with Crippen molar-refractivity contribution in [3.8, 4) is 11.5 Å². The van der Waals surface area contributed by atoms with Gasteiger partial charge in [0.1, 0.15) is 12.1 Å². The van der Waals surface area contributed by atoms with E-state index < -0.39 is 0 Å². The molecule has 2 unspecified atom stereocenters. The maximum Gasteiger partial charge on any atom is 0.481 e. The van der Waals surface area contributed by atoms with Crippen molar-refractivity contribution in [1.82, 2.24) is 0 Å². The first-order valence-electron chi connectivity index (χ1n) is 9.65. The molecule has 2 radical (unpaired) electrons. The second-order valence-corrected chi connectivity index (χ2v) is 8.38. The summed E-state index contributed by atoms with van der Waals surface area (Å²) in [5, 5.41) is 0. The Labute approximate surface area is 162 Å². The van der Waals surface area contributed by atoms with Crippen molar-refractivity contribution in [3.05, 3.63) is 57.1 Å². The Kier molecular flexibility index (Phi) is 3.66. The van der Waals surface area contributed by atoms with Crippen molar-refractivity contribution in [2.75, 3.05) is 20.4 Å². The molecule has 27 heavy (non-hydrogen) atoms. The third kappa shape index (κ3) is 2.38. The van der Waals surface area contributed by atoms with Gasteiger partial charge in [0.05, 0.1) is 13.2 Å². The zero-order valence-corrected chi connectivity index (χ0v) is 16.5. The molecule has 0 aromatic heterocycles. The summed E-state index contributed by atoms with van der Waals surface area (Å²) in [7, 11) is 8.95. The maximum absolute atomic E-state index is 6.84. The molecule has 5 rings (SSSR count). The lowest BCUT2D eigenvalue weighted by atomic mass is 9.79. The molecule has 3 atom stereocenters. The Morgan fingerprint density at radius 1 is 1.11 bits per heavy atom. The first-order chi connectivity index (χ1) is 12.9. The molecule has 5 heteroatoms. The van der Waals surface area contributed by atoms with Gasteiger partial charge in [0, 0.05) is 24.6 Å². The lowest BCUT2D eigenvalue weighted by Gasteiger charge is -2.46. The fourth-order valence-electron chi connectivity index (χ4n) is 5.04. The van der Waals surface area contributed by atoms with Crippen molar-refractivity contribution in [3.63, 3.8) is 0 Å². The van der Waals surface area contributed by atoms with E-state index in [0.29, 0.717) is 17.8 Å². The van der Waals surface area contributed by atoms with Crippen LogP contribution >= 0.6 is 0 Å². The first kappa shape index (κ1) is 17.1. The lowest BCUT2D eigenvalue weighted by molar-refractivity contribution is -0.838. The third-order valence-electron chi connectivity index (χ3n) is 6.74. The molecule has 0 amide bonds. The van der Waals surface area contributed by atoms with Crippen LogP contribution in [0.4, 0.5) is 0 Å². The molecule has 138 valence electrons. The smallest absolute Gasteiger partial charge is 0.454 e. The highest BCUT2D eigenvalue weighted by Crippen LogP contribution is 2.52. The van der Waals surface area contributed by atoms with Gasteiger partial charge >= 0.3 is 7.98 Å². The lowest BCUT2D eigenvalue weighted by Crippen LogP contribution is -2.51. The van der Waals surface area contributed by atoms with Crippen LogP contribution < -0.4 is 9.47 Å². The van der Waals surface area contributed by atoms with Crippen molar-refractivity contribution in [1.29, 1.82) is 0 Å². The standard InChI is InChI=1S/C22H25BNO3/c1-12-5-6-16-17(13(12)2)10-25-22(16)20-19-14(3)21-18(26-11-27-21)9-15(19)7-8-24(20,4)23/h5-6,9,20,22H,7-8,10-11H2,1-4H3/q+1/t20?,22-,24?/m0/s1. The number of ether oxygens (including phenoxy) is 3. The molecular formula is C22H25BNO3+. The van der Waals surface area contributed by atoms with Crippen LogP contribution in [0.2, 0.25) is 0 Å². The van der Waals surface area contributed by atoms with Crippen molar-refractivity contribution in [2.24, 2.45) is 0 Å². The zero-order valence-electron chi connectivity index (χ0n) is 16.5. The topological polar surface area (TPSA) is 27.7 Å². The number of benzene rings is 2. The van der Waals surface area contributed by atoms with E-state index in [1.54, 1.807) is 0 Å². The van der Waals surface area contributed by atoms with Gasteiger partial charge in [-0.05, 0) is 54.7 Å². The highest BCUT2D eigenvalue weighted by Gasteiger charge is 2.47. The number of hydrogen-bond donors (Lipinski definition) is 0. The van der Waals surface area contributed by atoms with Crippen molar-refractivity contribution in [2.45, 2.75) is 45.9 Å². The van der Waals surface area contributed by atoms with Crippen LogP contribution in [-0.2, 0) is 17.8 Å². The minimum Gasteiger partial charge on any atom is -0.454 e. The molecule has 0 N–H and O–H groups in total. The van der Waals surface area contributed by atoms with E-state index in [1.807, 2.05) is 0 Å². The van der Waals surface area contributed by atoms with Crippen molar-refractivity contribution < 1.29 is 18.6 Å². The molecule has 0 spiro atoms. The van der Waals surface area contributed by atoms with Crippen LogP contribution in [0.15, 0.2) is 18.2 Å². The molecule has 0 saturated heterocycles. The van der Waals surface area contributed by atoms with Gasteiger partial charge in [0.15, 0.2) is 11.5 Å². The molecule has 2 aromatic rings. The molecule has 0 aliphatic carbocycles. The van der Waals surface area contributed by atoms with Gasteiger partial charge < -0.3 is 18.6 Å². The molecule has 0 fully saturated rings. The second kappa shape index (κ2) is 5.76. The van der Waals surface area contributed by atoms with Crippen LogP contribution in [-0.4, -0.2) is 32.8 Å². The summed E-state index contributed by atoms with van der Waals surface area (Å²) in [6.07, 6.45) is 0.885. The summed E-state index contributed by atoms with van der Waals surface area (Å²) < 4.78 is 18.2. The first-order valence-corrected chi connectivity index (χ1v) is 9.65. The number of quaternary nitrogens is 1. The number of hydrogen-bond acceptors (Lipinski definition) is 3. The van der Waals surface area contributed by atoms with Gasteiger partial charge in [0.2, 0.25) is 6.79 Å². The fraction of sp³-hybridized carbons (Fsp3) is 0.455. The number of aryl methyl sites for hydroxylation is 1. The summed E-state index contributed by atoms with van der Waals surface area (Å²) >= 11 is 0. The largest absolute Gasteiger partial charge is 0.481 e. The van der Waals surface area contributed by atoms with Gasteiger partial charge in [-0.3, -0.25) is 0 Å².